The third kappa shape index (κ3) is 7.73. The van der Waals surface area contributed by atoms with E-state index in [1.165, 1.54) is 19.3 Å². The molecule has 0 unspecified atom stereocenters. The highest BCUT2D eigenvalue weighted by atomic mass is 127. The van der Waals surface area contributed by atoms with Crippen LogP contribution in [0.5, 0.6) is 17.2 Å². The fourth-order valence-corrected chi connectivity index (χ4v) is 5.35. The van der Waals surface area contributed by atoms with Crippen LogP contribution in [0.25, 0.3) is 0 Å². The molecule has 10 nitrogen and oxygen atoms in total. The van der Waals surface area contributed by atoms with Crippen molar-refractivity contribution in [2.75, 3.05) is 33.9 Å². The normalized spacial score (nSPS) is 18.4. The summed E-state index contributed by atoms with van der Waals surface area (Å²) in [7, 11) is 3.03. The van der Waals surface area contributed by atoms with E-state index < -0.39 is 24.2 Å². The Bertz CT molecular complexity index is 1230. The van der Waals surface area contributed by atoms with E-state index in [1.807, 2.05) is 46.9 Å². The molecule has 216 valence electrons. The van der Waals surface area contributed by atoms with E-state index in [-0.39, 0.29) is 31.9 Å². The van der Waals surface area contributed by atoms with Crippen LogP contribution >= 0.6 is 22.6 Å². The lowest BCUT2D eigenvalue weighted by Crippen LogP contribution is -2.55. The van der Waals surface area contributed by atoms with Gasteiger partial charge in [-0.15, -0.1) is 0 Å². The fraction of sp³-hybridized carbons (Fsp3) is 0.414. The molecule has 11 heteroatoms. The van der Waals surface area contributed by atoms with Gasteiger partial charge in [0.2, 0.25) is 11.8 Å². The second-order valence-corrected chi connectivity index (χ2v) is 10.4. The van der Waals surface area contributed by atoms with E-state index in [1.54, 1.807) is 25.0 Å². The molecule has 0 spiro atoms. The molecule has 1 aliphatic rings. The SMILES string of the molecule is CCC(=O)N(CCc1cccc(OC)c1)[C@@H]1CC(C(=O)NCCO)=C[C@H](Oc2c(I)cc(C=O)cc2OC)[C@H]1O. The van der Waals surface area contributed by atoms with Crippen LogP contribution in [0.15, 0.2) is 48.0 Å². The predicted molar refractivity (Wildman–Crippen MR) is 157 cm³/mol. The Hall–Kier alpha value is -3.16. The van der Waals surface area contributed by atoms with Gasteiger partial charge >= 0.3 is 0 Å². The number of hydrogen-bond acceptors (Lipinski definition) is 8. The molecule has 2 aromatic rings. The molecular weight excluding hydrogens is 631 g/mol. The molecule has 3 rings (SSSR count). The van der Waals surface area contributed by atoms with Crippen LogP contribution < -0.4 is 19.5 Å². The van der Waals surface area contributed by atoms with Gasteiger partial charge in [0.15, 0.2) is 11.5 Å². The quantitative estimate of drug-likeness (QED) is 0.220. The van der Waals surface area contributed by atoms with Gasteiger partial charge in [0.05, 0.1) is 30.4 Å². The number of benzene rings is 2. The first kappa shape index (κ1) is 31.4. The number of nitrogens with zero attached hydrogens (tertiary/aromatic N) is 1. The summed E-state index contributed by atoms with van der Waals surface area (Å²) in [5.74, 6) is 0.698. The van der Waals surface area contributed by atoms with Crippen molar-refractivity contribution in [2.24, 2.45) is 0 Å². The van der Waals surface area contributed by atoms with Crippen LogP contribution in [0.1, 0.15) is 35.7 Å². The Morgan fingerprint density at radius 1 is 1.20 bits per heavy atom. The first-order valence-electron chi connectivity index (χ1n) is 13.0. The topological polar surface area (TPSA) is 135 Å². The van der Waals surface area contributed by atoms with E-state index in [4.69, 9.17) is 14.2 Å². The van der Waals surface area contributed by atoms with E-state index in [9.17, 15) is 24.6 Å². The van der Waals surface area contributed by atoms with Gasteiger partial charge in [-0.25, -0.2) is 0 Å². The van der Waals surface area contributed by atoms with Crippen molar-refractivity contribution in [3.63, 3.8) is 0 Å². The molecule has 0 bridgehead atoms. The molecule has 0 aliphatic heterocycles. The average molecular weight is 667 g/mol. The Morgan fingerprint density at radius 2 is 1.98 bits per heavy atom. The van der Waals surface area contributed by atoms with Crippen molar-refractivity contribution in [1.29, 1.82) is 0 Å². The molecule has 0 aromatic heterocycles. The molecule has 40 heavy (non-hydrogen) atoms. The third-order valence-electron chi connectivity index (χ3n) is 6.65. The van der Waals surface area contributed by atoms with Crippen LogP contribution in [0.4, 0.5) is 0 Å². The maximum atomic E-state index is 13.2. The van der Waals surface area contributed by atoms with Crippen molar-refractivity contribution in [3.8, 4) is 17.2 Å². The number of nitrogens with one attached hydrogen (secondary N) is 1. The minimum absolute atomic E-state index is 0.0568. The number of carbonyl (C=O) groups excluding carboxylic acids is 3. The molecule has 3 N–H and O–H groups in total. The first-order chi connectivity index (χ1) is 19.3. The van der Waals surface area contributed by atoms with Gasteiger partial charge < -0.3 is 34.6 Å². The van der Waals surface area contributed by atoms with Crippen LogP contribution in [-0.4, -0.2) is 85.4 Å². The number of aldehydes is 1. The minimum atomic E-state index is -1.18. The Morgan fingerprint density at radius 3 is 2.62 bits per heavy atom. The van der Waals surface area contributed by atoms with E-state index in [0.29, 0.717) is 51.2 Å². The number of hydrogen-bond donors (Lipinski definition) is 3. The van der Waals surface area contributed by atoms with Gasteiger partial charge in [-0.2, -0.15) is 0 Å². The van der Waals surface area contributed by atoms with Crippen molar-refractivity contribution < 1.29 is 38.8 Å². The molecule has 0 radical (unpaired) electrons. The van der Waals surface area contributed by atoms with Crippen LogP contribution in [0, 0.1) is 3.57 Å². The van der Waals surface area contributed by atoms with Crippen molar-refractivity contribution in [3.05, 3.63) is 62.7 Å². The molecule has 0 heterocycles. The number of amides is 2. The third-order valence-corrected chi connectivity index (χ3v) is 7.46. The Balaban J connectivity index is 1.97. The van der Waals surface area contributed by atoms with Crippen molar-refractivity contribution in [2.45, 2.75) is 44.4 Å². The van der Waals surface area contributed by atoms with Crippen molar-refractivity contribution >= 4 is 40.7 Å². The summed E-state index contributed by atoms with van der Waals surface area (Å²) in [6.07, 6.45) is 0.852. The van der Waals surface area contributed by atoms with Crippen LogP contribution in [-0.2, 0) is 16.0 Å². The monoisotopic (exact) mass is 666 g/mol. The molecular formula is C29H35IN2O8. The number of rotatable bonds is 13. The lowest BCUT2D eigenvalue weighted by Gasteiger charge is -2.40. The molecule has 1 aliphatic carbocycles. The second kappa shape index (κ2) is 15.0. The van der Waals surface area contributed by atoms with Crippen molar-refractivity contribution in [1.82, 2.24) is 10.2 Å². The van der Waals surface area contributed by atoms with E-state index in [0.717, 1.165) is 5.56 Å². The zero-order valence-electron chi connectivity index (χ0n) is 22.8. The summed E-state index contributed by atoms with van der Waals surface area (Å²) >= 11 is 2.01. The number of halogens is 1. The van der Waals surface area contributed by atoms with Gasteiger partial charge in [0.25, 0.3) is 0 Å². The lowest BCUT2D eigenvalue weighted by atomic mass is 9.87. The second-order valence-electron chi connectivity index (χ2n) is 9.21. The molecule has 0 fully saturated rings. The van der Waals surface area contributed by atoms with Gasteiger partial charge in [0, 0.05) is 37.1 Å². The zero-order valence-corrected chi connectivity index (χ0v) is 24.9. The molecule has 0 saturated carbocycles. The summed E-state index contributed by atoms with van der Waals surface area (Å²) in [5, 5.41) is 23.4. The number of methoxy groups -OCH3 is 2. The average Bonchev–Trinajstić information content (AvgIpc) is 2.97. The number of aliphatic hydroxyl groups excluding tert-OH is 2. The highest BCUT2D eigenvalue weighted by Crippen LogP contribution is 2.37. The summed E-state index contributed by atoms with van der Waals surface area (Å²) < 4.78 is 17.6. The number of ether oxygens (including phenoxy) is 3. The van der Waals surface area contributed by atoms with Crippen LogP contribution in [0.2, 0.25) is 0 Å². The first-order valence-corrected chi connectivity index (χ1v) is 14.0. The standard InChI is InChI=1S/C29H35IN2O8/c1-4-26(35)32(10-8-18-6-5-7-21(12-18)38-2)23-15-20(29(37)31-9-11-33)16-24(27(23)36)40-28-22(30)13-19(17-34)14-25(28)39-3/h5-7,12-14,16-17,23-24,27,33,36H,4,8-11,15H2,1-3H3,(H,31,37)/t23-,24+,27+/m1/s1. The molecule has 2 amide bonds. The minimum Gasteiger partial charge on any atom is -0.497 e. The molecule has 0 saturated heterocycles. The lowest BCUT2D eigenvalue weighted by molar-refractivity contribution is -0.138. The maximum Gasteiger partial charge on any atom is 0.247 e. The largest absolute Gasteiger partial charge is 0.497 e. The van der Waals surface area contributed by atoms with Gasteiger partial charge in [0.1, 0.15) is 24.2 Å². The summed E-state index contributed by atoms with van der Waals surface area (Å²) in [6.45, 7) is 1.87. The zero-order chi connectivity index (χ0) is 29.2. The van der Waals surface area contributed by atoms with Gasteiger partial charge in [-0.1, -0.05) is 19.1 Å². The number of carbonyl (C=O) groups is 3. The Kier molecular flexibility index (Phi) is 11.8. The highest BCUT2D eigenvalue weighted by molar-refractivity contribution is 14.1. The fourth-order valence-electron chi connectivity index (χ4n) is 4.59. The van der Waals surface area contributed by atoms with Crippen LogP contribution in [0.3, 0.4) is 0 Å². The predicted octanol–water partition coefficient (Wildman–Crippen LogP) is 2.52. The summed E-state index contributed by atoms with van der Waals surface area (Å²) in [5.41, 5.74) is 1.67. The maximum absolute atomic E-state index is 13.2. The van der Waals surface area contributed by atoms with Gasteiger partial charge in [-0.3, -0.25) is 14.4 Å². The summed E-state index contributed by atoms with van der Waals surface area (Å²) in [6, 6.07) is 9.92. The van der Waals surface area contributed by atoms with Gasteiger partial charge in [-0.05, 0) is 64.9 Å². The van der Waals surface area contributed by atoms with E-state index in [2.05, 4.69) is 5.32 Å². The number of aliphatic hydroxyl groups is 2. The summed E-state index contributed by atoms with van der Waals surface area (Å²) in [4.78, 5) is 39.1. The van der Waals surface area contributed by atoms with E-state index >= 15 is 0 Å². The highest BCUT2D eigenvalue weighted by Gasteiger charge is 2.40. The Labute approximate surface area is 247 Å². The smallest absolute Gasteiger partial charge is 0.247 e. The molecule has 3 atom stereocenters. The molecule has 2 aromatic carbocycles.